The molecule has 1 saturated heterocycles. The number of aliphatic hydroxyl groups excluding tert-OH is 1. The van der Waals surface area contributed by atoms with Gasteiger partial charge in [-0.15, -0.1) is 0 Å². The van der Waals surface area contributed by atoms with E-state index in [0.717, 1.165) is 36.6 Å². The van der Waals surface area contributed by atoms with Gasteiger partial charge in [-0.1, -0.05) is 6.07 Å². The number of aliphatic hydroxyl groups is 1. The molecule has 2 atom stereocenters. The molecule has 0 saturated carbocycles. The van der Waals surface area contributed by atoms with Crippen LogP contribution in [0.15, 0.2) is 41.0 Å². The lowest BCUT2D eigenvalue weighted by molar-refractivity contribution is 0.00306. The number of likely N-dealkylation sites (tertiary alicyclic amines) is 1. The number of hydrogen-bond donors (Lipinski definition) is 1. The quantitative estimate of drug-likeness (QED) is 0.820. The van der Waals surface area contributed by atoms with Crippen molar-refractivity contribution in [1.82, 2.24) is 4.90 Å². The summed E-state index contributed by atoms with van der Waals surface area (Å²) in [5.41, 5.74) is 1.22. The Balaban J connectivity index is 1.32. The summed E-state index contributed by atoms with van der Waals surface area (Å²) in [7, 11) is 0. The van der Waals surface area contributed by atoms with Crippen LogP contribution >= 0.6 is 0 Å². The summed E-state index contributed by atoms with van der Waals surface area (Å²) in [6.07, 6.45) is 3.30. The van der Waals surface area contributed by atoms with Gasteiger partial charge in [-0.2, -0.15) is 0 Å². The first kappa shape index (κ1) is 17.4. The van der Waals surface area contributed by atoms with E-state index in [1.165, 1.54) is 5.56 Å². The number of benzene rings is 1. The Hall–Kier alpha value is -2.02. The maximum atomic E-state index is 10.4. The van der Waals surface area contributed by atoms with Crippen molar-refractivity contribution in [2.24, 2.45) is 0 Å². The zero-order valence-corrected chi connectivity index (χ0v) is 14.8. The molecule has 1 aromatic carbocycles. The van der Waals surface area contributed by atoms with Gasteiger partial charge in [-0.25, -0.2) is 0 Å². The van der Waals surface area contributed by atoms with Crippen molar-refractivity contribution in [3.05, 3.63) is 47.9 Å². The van der Waals surface area contributed by atoms with Gasteiger partial charge in [0.25, 0.3) is 0 Å². The predicted molar refractivity (Wildman–Crippen MR) is 95.4 cm³/mol. The van der Waals surface area contributed by atoms with E-state index in [4.69, 9.17) is 18.6 Å². The highest BCUT2D eigenvalue weighted by atomic mass is 16.6. The fourth-order valence-corrected chi connectivity index (χ4v) is 3.70. The van der Waals surface area contributed by atoms with E-state index in [1.807, 2.05) is 18.2 Å². The van der Waals surface area contributed by atoms with Gasteiger partial charge in [0.15, 0.2) is 11.5 Å². The zero-order valence-electron chi connectivity index (χ0n) is 14.8. The molecule has 2 aromatic rings. The van der Waals surface area contributed by atoms with E-state index >= 15 is 0 Å². The molecule has 140 valence electrons. The maximum absolute atomic E-state index is 10.4. The van der Waals surface area contributed by atoms with Crippen LogP contribution in [0.4, 0.5) is 0 Å². The minimum Gasteiger partial charge on any atom is -0.486 e. The van der Waals surface area contributed by atoms with Crippen LogP contribution in [0.2, 0.25) is 0 Å². The SMILES string of the molecule is OC(COCc1ccco1)CN1CCCC1c1ccc2c(c1)OCCO2. The van der Waals surface area contributed by atoms with E-state index in [2.05, 4.69) is 17.0 Å². The molecular formula is C20H25NO5. The summed E-state index contributed by atoms with van der Waals surface area (Å²) < 4.78 is 22.1. The van der Waals surface area contributed by atoms with Crippen molar-refractivity contribution in [3.63, 3.8) is 0 Å². The van der Waals surface area contributed by atoms with Crippen LogP contribution in [0.25, 0.3) is 0 Å². The summed E-state index contributed by atoms with van der Waals surface area (Å²) in [6.45, 7) is 3.45. The molecule has 2 aliphatic rings. The standard InChI is InChI=1S/C20H25NO5/c22-16(13-23-14-17-3-2-8-24-17)12-21-7-1-4-18(21)15-5-6-19-20(11-15)26-10-9-25-19/h2-3,5-6,8,11,16,18,22H,1,4,7,9-10,12-14H2. The molecule has 4 rings (SSSR count). The van der Waals surface area contributed by atoms with Crippen molar-refractivity contribution in [3.8, 4) is 11.5 Å². The Kier molecular flexibility index (Phi) is 5.43. The zero-order chi connectivity index (χ0) is 17.8. The Labute approximate surface area is 153 Å². The molecule has 0 spiro atoms. The van der Waals surface area contributed by atoms with Crippen LogP contribution in [0.5, 0.6) is 11.5 Å². The third-order valence-electron chi connectivity index (χ3n) is 4.89. The van der Waals surface area contributed by atoms with Crippen molar-refractivity contribution < 1.29 is 23.7 Å². The van der Waals surface area contributed by atoms with E-state index < -0.39 is 6.10 Å². The molecule has 6 heteroatoms. The van der Waals surface area contributed by atoms with Gasteiger partial charge in [-0.3, -0.25) is 4.90 Å². The maximum Gasteiger partial charge on any atom is 0.161 e. The molecule has 1 N–H and O–H groups in total. The van der Waals surface area contributed by atoms with E-state index in [9.17, 15) is 5.11 Å². The first-order chi connectivity index (χ1) is 12.8. The second-order valence-electron chi connectivity index (χ2n) is 6.80. The highest BCUT2D eigenvalue weighted by Crippen LogP contribution is 2.38. The summed E-state index contributed by atoms with van der Waals surface area (Å²) in [5.74, 6) is 2.41. The normalized spacial score (nSPS) is 21.0. The highest BCUT2D eigenvalue weighted by molar-refractivity contribution is 5.44. The van der Waals surface area contributed by atoms with E-state index in [-0.39, 0.29) is 0 Å². The molecule has 1 aromatic heterocycles. The van der Waals surface area contributed by atoms with Gasteiger partial charge in [0.05, 0.1) is 19.0 Å². The van der Waals surface area contributed by atoms with Crippen LogP contribution < -0.4 is 9.47 Å². The number of rotatable bonds is 7. The second kappa shape index (κ2) is 8.12. The van der Waals surface area contributed by atoms with Crippen molar-refractivity contribution >= 4 is 0 Å². The number of nitrogens with zero attached hydrogens (tertiary/aromatic N) is 1. The fraction of sp³-hybridized carbons (Fsp3) is 0.500. The third-order valence-corrected chi connectivity index (χ3v) is 4.89. The van der Waals surface area contributed by atoms with Gasteiger partial charge in [0.1, 0.15) is 25.6 Å². The molecule has 3 heterocycles. The van der Waals surface area contributed by atoms with Crippen LogP contribution in [-0.4, -0.2) is 49.0 Å². The van der Waals surface area contributed by atoms with Crippen molar-refractivity contribution in [1.29, 1.82) is 0 Å². The van der Waals surface area contributed by atoms with Crippen LogP contribution in [0.3, 0.4) is 0 Å². The Morgan fingerprint density at radius 1 is 1.19 bits per heavy atom. The number of β-amino-alcohol motifs (C(OH)–C–C–N with tert-alkyl or cyclic N) is 1. The number of furan rings is 1. The predicted octanol–water partition coefficient (Wildman–Crippen LogP) is 2.77. The largest absolute Gasteiger partial charge is 0.486 e. The molecular weight excluding hydrogens is 334 g/mol. The summed E-state index contributed by atoms with van der Waals surface area (Å²) >= 11 is 0. The van der Waals surface area contributed by atoms with E-state index in [0.29, 0.717) is 39.0 Å². The van der Waals surface area contributed by atoms with Gasteiger partial charge >= 0.3 is 0 Å². The molecule has 6 nitrogen and oxygen atoms in total. The van der Waals surface area contributed by atoms with Crippen molar-refractivity contribution in [2.45, 2.75) is 31.6 Å². The Morgan fingerprint density at radius 2 is 2.08 bits per heavy atom. The number of hydrogen-bond acceptors (Lipinski definition) is 6. The first-order valence-corrected chi connectivity index (χ1v) is 9.21. The molecule has 2 aliphatic heterocycles. The van der Waals surface area contributed by atoms with Crippen LogP contribution in [-0.2, 0) is 11.3 Å². The van der Waals surface area contributed by atoms with E-state index in [1.54, 1.807) is 6.26 Å². The summed E-state index contributed by atoms with van der Waals surface area (Å²) in [5, 5.41) is 10.4. The van der Waals surface area contributed by atoms with Gasteiger partial charge in [-0.05, 0) is 49.2 Å². The molecule has 0 aliphatic carbocycles. The van der Waals surface area contributed by atoms with Gasteiger partial charge < -0.3 is 23.7 Å². The fourth-order valence-electron chi connectivity index (χ4n) is 3.70. The van der Waals surface area contributed by atoms with Crippen LogP contribution in [0.1, 0.15) is 30.2 Å². The van der Waals surface area contributed by atoms with Crippen molar-refractivity contribution in [2.75, 3.05) is 32.9 Å². The Morgan fingerprint density at radius 3 is 2.92 bits per heavy atom. The third kappa shape index (κ3) is 4.03. The lowest BCUT2D eigenvalue weighted by Gasteiger charge is -2.28. The lowest BCUT2D eigenvalue weighted by Crippen LogP contribution is -2.34. The van der Waals surface area contributed by atoms with Gasteiger partial charge in [0, 0.05) is 12.6 Å². The molecule has 26 heavy (non-hydrogen) atoms. The Bertz CT molecular complexity index is 702. The molecule has 0 radical (unpaired) electrons. The minimum absolute atomic E-state index is 0.297. The smallest absolute Gasteiger partial charge is 0.161 e. The molecule has 2 unspecified atom stereocenters. The summed E-state index contributed by atoms with van der Waals surface area (Å²) in [6, 6.07) is 10.2. The minimum atomic E-state index is -0.525. The topological polar surface area (TPSA) is 64.3 Å². The average molecular weight is 359 g/mol. The lowest BCUT2D eigenvalue weighted by atomic mass is 10.0. The first-order valence-electron chi connectivity index (χ1n) is 9.21. The monoisotopic (exact) mass is 359 g/mol. The highest BCUT2D eigenvalue weighted by Gasteiger charge is 2.28. The second-order valence-corrected chi connectivity index (χ2v) is 6.80. The number of fused-ring (bicyclic) bond motifs is 1. The molecule has 0 amide bonds. The summed E-state index contributed by atoms with van der Waals surface area (Å²) in [4.78, 5) is 2.33. The molecule has 0 bridgehead atoms. The van der Waals surface area contributed by atoms with Crippen LogP contribution in [0, 0.1) is 0 Å². The molecule has 1 fully saturated rings. The average Bonchev–Trinajstić information content (AvgIpc) is 3.33. The van der Waals surface area contributed by atoms with Gasteiger partial charge in [0.2, 0.25) is 0 Å². The number of ether oxygens (including phenoxy) is 3.